The fourth-order valence-electron chi connectivity index (χ4n) is 2.02. The van der Waals surface area contributed by atoms with E-state index in [1.54, 1.807) is 13.0 Å². The minimum atomic E-state index is -1.21. The van der Waals surface area contributed by atoms with Gasteiger partial charge in [-0.25, -0.2) is 9.59 Å². The Morgan fingerprint density at radius 1 is 1.47 bits per heavy atom. The molecule has 0 bridgehead atoms. The average molecular weight is 234 g/mol. The first-order valence-electron chi connectivity index (χ1n) is 5.37. The minimum absolute atomic E-state index is 0.348. The second-order valence-electron chi connectivity index (χ2n) is 4.45. The van der Waals surface area contributed by atoms with Crippen LogP contribution < -0.4 is 0 Å². The number of hydrogen-bond donors (Lipinski definition) is 0. The first kappa shape index (κ1) is 11.6. The molecule has 4 heteroatoms. The van der Waals surface area contributed by atoms with Gasteiger partial charge >= 0.3 is 11.9 Å². The number of esters is 2. The van der Waals surface area contributed by atoms with Crippen LogP contribution in [0.3, 0.4) is 0 Å². The van der Waals surface area contributed by atoms with Crippen LogP contribution in [-0.2, 0) is 20.7 Å². The Hall–Kier alpha value is -1.84. The molecule has 1 heterocycles. The van der Waals surface area contributed by atoms with Crippen molar-refractivity contribution < 1.29 is 19.1 Å². The van der Waals surface area contributed by atoms with Crippen LogP contribution in [0, 0.1) is 6.92 Å². The molecule has 1 aromatic rings. The zero-order chi connectivity index (χ0) is 12.6. The maximum Gasteiger partial charge on any atom is 0.350 e. The van der Waals surface area contributed by atoms with Crippen LogP contribution in [0.25, 0.3) is 0 Å². The van der Waals surface area contributed by atoms with E-state index in [9.17, 15) is 9.59 Å². The average Bonchev–Trinajstić information content (AvgIpc) is 2.29. The lowest BCUT2D eigenvalue weighted by Gasteiger charge is -2.31. The largest absolute Gasteiger partial charge is 0.466 e. The Kier molecular flexibility index (Phi) is 2.65. The number of carbonyl (C=O) groups is 2. The van der Waals surface area contributed by atoms with Crippen LogP contribution in [0.1, 0.15) is 28.4 Å². The van der Waals surface area contributed by atoms with E-state index in [4.69, 9.17) is 4.74 Å². The Bertz CT molecular complexity index is 492. The van der Waals surface area contributed by atoms with E-state index in [2.05, 4.69) is 4.74 Å². The number of benzene rings is 1. The summed E-state index contributed by atoms with van der Waals surface area (Å²) in [5, 5.41) is 0. The third-order valence-corrected chi connectivity index (χ3v) is 2.95. The summed E-state index contributed by atoms with van der Waals surface area (Å²) >= 11 is 0. The van der Waals surface area contributed by atoms with Crippen molar-refractivity contribution in [3.8, 4) is 0 Å². The number of cyclic esters (lactones) is 1. The summed E-state index contributed by atoms with van der Waals surface area (Å²) in [5.74, 6) is -1.00. The van der Waals surface area contributed by atoms with Crippen molar-refractivity contribution in [3.05, 3.63) is 34.9 Å². The van der Waals surface area contributed by atoms with Gasteiger partial charge in [0, 0.05) is 6.42 Å². The van der Waals surface area contributed by atoms with Gasteiger partial charge in [-0.2, -0.15) is 0 Å². The molecule has 0 aromatic heterocycles. The Balaban J connectivity index is 2.43. The van der Waals surface area contributed by atoms with Crippen molar-refractivity contribution in [2.24, 2.45) is 0 Å². The zero-order valence-corrected chi connectivity index (χ0v) is 10.1. The topological polar surface area (TPSA) is 52.6 Å². The van der Waals surface area contributed by atoms with Crippen molar-refractivity contribution in [2.45, 2.75) is 25.9 Å². The van der Waals surface area contributed by atoms with Crippen molar-refractivity contribution in [1.82, 2.24) is 0 Å². The van der Waals surface area contributed by atoms with E-state index < -0.39 is 17.5 Å². The highest BCUT2D eigenvalue weighted by molar-refractivity contribution is 5.96. The highest BCUT2D eigenvalue weighted by Crippen LogP contribution is 2.29. The fraction of sp³-hybridized carbons (Fsp3) is 0.385. The third kappa shape index (κ3) is 1.90. The van der Waals surface area contributed by atoms with Crippen LogP contribution in [0.15, 0.2) is 18.2 Å². The first-order chi connectivity index (χ1) is 7.96. The van der Waals surface area contributed by atoms with E-state index in [0.29, 0.717) is 12.0 Å². The third-order valence-electron chi connectivity index (χ3n) is 2.95. The number of fused-ring (bicyclic) bond motifs is 1. The predicted octanol–water partition coefficient (Wildman–Crippen LogP) is 1.64. The van der Waals surface area contributed by atoms with Gasteiger partial charge in [0.05, 0.1) is 12.7 Å². The maximum atomic E-state index is 11.8. The second-order valence-corrected chi connectivity index (χ2v) is 4.45. The van der Waals surface area contributed by atoms with Gasteiger partial charge in [-0.1, -0.05) is 17.7 Å². The molecule has 17 heavy (non-hydrogen) atoms. The molecule has 90 valence electrons. The normalized spacial score (nSPS) is 22.6. The molecule has 1 aliphatic heterocycles. The van der Waals surface area contributed by atoms with Gasteiger partial charge in [0.25, 0.3) is 0 Å². The molecule has 0 aliphatic carbocycles. The molecule has 1 aliphatic rings. The van der Waals surface area contributed by atoms with E-state index in [1.165, 1.54) is 7.11 Å². The molecule has 0 saturated heterocycles. The van der Waals surface area contributed by atoms with Crippen LogP contribution in [0.2, 0.25) is 0 Å². The number of hydrogen-bond acceptors (Lipinski definition) is 4. The lowest BCUT2D eigenvalue weighted by molar-refractivity contribution is -0.161. The number of aryl methyl sites for hydroxylation is 1. The van der Waals surface area contributed by atoms with Crippen molar-refractivity contribution in [2.75, 3.05) is 7.11 Å². The van der Waals surface area contributed by atoms with Gasteiger partial charge < -0.3 is 9.47 Å². The highest BCUT2D eigenvalue weighted by Gasteiger charge is 2.43. The van der Waals surface area contributed by atoms with Gasteiger partial charge in [-0.3, -0.25) is 0 Å². The molecule has 1 atom stereocenters. The molecule has 0 spiro atoms. The van der Waals surface area contributed by atoms with Gasteiger partial charge in [-0.05, 0) is 25.5 Å². The van der Waals surface area contributed by atoms with Crippen molar-refractivity contribution >= 4 is 11.9 Å². The molecule has 0 saturated carbocycles. The summed E-state index contributed by atoms with van der Waals surface area (Å²) in [4.78, 5) is 23.5. The maximum absolute atomic E-state index is 11.8. The first-order valence-corrected chi connectivity index (χ1v) is 5.37. The zero-order valence-electron chi connectivity index (χ0n) is 10.1. The van der Waals surface area contributed by atoms with Gasteiger partial charge in [-0.15, -0.1) is 0 Å². The molecule has 1 aromatic carbocycles. The van der Waals surface area contributed by atoms with E-state index >= 15 is 0 Å². The van der Waals surface area contributed by atoms with Crippen LogP contribution in [0.4, 0.5) is 0 Å². The van der Waals surface area contributed by atoms with E-state index in [-0.39, 0.29) is 0 Å². The molecule has 0 fully saturated rings. The summed E-state index contributed by atoms with van der Waals surface area (Å²) in [6.45, 7) is 3.47. The minimum Gasteiger partial charge on any atom is -0.466 e. The number of methoxy groups -OCH3 is 1. The summed E-state index contributed by atoms with van der Waals surface area (Å²) in [5.41, 5.74) is 1.13. The molecular formula is C13H14O4. The number of rotatable bonds is 1. The molecule has 0 unspecified atom stereocenters. The summed E-state index contributed by atoms with van der Waals surface area (Å²) in [6.07, 6.45) is 0.348. The Labute approximate surface area is 99.5 Å². The van der Waals surface area contributed by atoms with Crippen LogP contribution in [0.5, 0.6) is 0 Å². The van der Waals surface area contributed by atoms with Crippen LogP contribution in [-0.4, -0.2) is 24.6 Å². The highest BCUT2D eigenvalue weighted by atomic mass is 16.6. The Morgan fingerprint density at radius 2 is 2.18 bits per heavy atom. The second kappa shape index (κ2) is 3.87. The van der Waals surface area contributed by atoms with E-state index in [0.717, 1.165) is 11.1 Å². The quantitative estimate of drug-likeness (QED) is 0.693. The van der Waals surface area contributed by atoms with E-state index in [1.807, 2.05) is 19.1 Å². The van der Waals surface area contributed by atoms with Crippen LogP contribution >= 0.6 is 0 Å². The molecular weight excluding hydrogens is 220 g/mol. The summed E-state index contributed by atoms with van der Waals surface area (Å²) in [7, 11) is 1.28. The monoisotopic (exact) mass is 234 g/mol. The number of carbonyl (C=O) groups excluding carboxylic acids is 2. The standard InChI is InChI=1S/C13H14O4/c1-8-4-5-9-7-13(2,12(15)16-3)17-11(14)10(9)6-8/h4-6H,7H2,1-3H3/t13-/m0/s1. The smallest absolute Gasteiger partial charge is 0.350 e. The number of ether oxygens (including phenoxy) is 2. The molecule has 0 amide bonds. The summed E-state index contributed by atoms with van der Waals surface area (Å²) < 4.78 is 9.86. The van der Waals surface area contributed by atoms with Crippen molar-refractivity contribution in [1.29, 1.82) is 0 Å². The van der Waals surface area contributed by atoms with Gasteiger partial charge in [0.15, 0.2) is 0 Å². The predicted molar refractivity (Wildman–Crippen MR) is 60.7 cm³/mol. The lowest BCUT2D eigenvalue weighted by Crippen LogP contribution is -2.46. The lowest BCUT2D eigenvalue weighted by atomic mass is 9.89. The molecule has 0 radical (unpaired) electrons. The van der Waals surface area contributed by atoms with Crippen molar-refractivity contribution in [3.63, 3.8) is 0 Å². The SMILES string of the molecule is COC(=O)[C@]1(C)Cc2ccc(C)cc2C(=O)O1. The Morgan fingerprint density at radius 3 is 2.82 bits per heavy atom. The molecule has 0 N–H and O–H groups in total. The molecule has 2 rings (SSSR count). The van der Waals surface area contributed by atoms with Gasteiger partial charge in [0.2, 0.25) is 5.60 Å². The van der Waals surface area contributed by atoms with Gasteiger partial charge in [0.1, 0.15) is 0 Å². The summed E-state index contributed by atoms with van der Waals surface area (Å²) in [6, 6.07) is 5.54. The fourth-order valence-corrected chi connectivity index (χ4v) is 2.02. The molecule has 4 nitrogen and oxygen atoms in total.